The van der Waals surface area contributed by atoms with E-state index >= 15 is 0 Å². The predicted molar refractivity (Wildman–Crippen MR) is 290 cm³/mol. The van der Waals surface area contributed by atoms with Gasteiger partial charge in [0.05, 0.1) is 21.9 Å². The highest BCUT2D eigenvalue weighted by Crippen LogP contribution is 2.65. The average molecular weight is 891 g/mol. The van der Waals surface area contributed by atoms with Crippen molar-refractivity contribution < 1.29 is 0 Å². The molecule has 328 valence electrons. The molecule has 0 bridgehead atoms. The number of fused-ring (bicyclic) bond motifs is 8. The highest BCUT2D eigenvalue weighted by atomic mass is 15.1. The van der Waals surface area contributed by atoms with E-state index in [0.29, 0.717) is 0 Å². The zero-order valence-corrected chi connectivity index (χ0v) is 38.5. The molecule has 0 fully saturated rings. The third kappa shape index (κ3) is 5.68. The first-order valence-electron chi connectivity index (χ1n) is 24.3. The van der Waals surface area contributed by atoms with Crippen molar-refractivity contribution in [2.24, 2.45) is 0 Å². The van der Waals surface area contributed by atoms with Crippen molar-refractivity contribution in [1.82, 2.24) is 4.57 Å². The van der Waals surface area contributed by atoms with Gasteiger partial charge >= 0.3 is 0 Å². The molecular weight excluding hydrogens is 845 g/mol. The van der Waals surface area contributed by atoms with Crippen LogP contribution in [-0.2, 0) is 10.8 Å². The second-order valence-electron chi connectivity index (χ2n) is 18.7. The van der Waals surface area contributed by atoms with Gasteiger partial charge in [-0.05, 0) is 133 Å². The molecule has 0 aliphatic heterocycles. The number of aromatic nitrogens is 1. The molecule has 2 aliphatic rings. The lowest BCUT2D eigenvalue weighted by atomic mass is 9.52. The van der Waals surface area contributed by atoms with Gasteiger partial charge in [0.1, 0.15) is 0 Å². The maximum atomic E-state index is 2.41. The van der Waals surface area contributed by atoms with Gasteiger partial charge in [-0.2, -0.15) is 0 Å². The van der Waals surface area contributed by atoms with Crippen molar-refractivity contribution in [3.63, 3.8) is 0 Å². The Morgan fingerprint density at radius 2 is 0.757 bits per heavy atom. The van der Waals surface area contributed by atoms with E-state index in [0.717, 1.165) is 17.1 Å². The number of benzene rings is 11. The van der Waals surface area contributed by atoms with E-state index in [1.54, 1.807) is 0 Å². The molecule has 0 saturated carbocycles. The van der Waals surface area contributed by atoms with Crippen molar-refractivity contribution in [3.8, 4) is 27.9 Å². The van der Waals surface area contributed by atoms with Crippen LogP contribution >= 0.6 is 0 Å². The monoisotopic (exact) mass is 890 g/mol. The molecule has 2 aliphatic carbocycles. The van der Waals surface area contributed by atoms with Crippen LogP contribution in [0.1, 0.15) is 44.5 Å². The lowest BCUT2D eigenvalue weighted by molar-refractivity contribution is 0.626. The molecule has 11 aromatic carbocycles. The zero-order valence-electron chi connectivity index (χ0n) is 38.5. The number of hydrogen-bond donors (Lipinski definition) is 0. The van der Waals surface area contributed by atoms with Crippen LogP contribution in [0.25, 0.3) is 49.7 Å². The van der Waals surface area contributed by atoms with Crippen LogP contribution in [0, 0.1) is 0 Å². The highest BCUT2D eigenvalue weighted by Gasteiger charge is 2.57. The summed E-state index contributed by atoms with van der Waals surface area (Å²) in [5, 5.41) is 2.50. The molecule has 14 rings (SSSR count). The van der Waals surface area contributed by atoms with Gasteiger partial charge < -0.3 is 9.47 Å². The summed E-state index contributed by atoms with van der Waals surface area (Å²) in [6.45, 7) is 0. The van der Waals surface area contributed by atoms with Gasteiger partial charge in [-0.3, -0.25) is 0 Å². The Morgan fingerprint density at radius 1 is 0.286 bits per heavy atom. The summed E-state index contributed by atoms with van der Waals surface area (Å²) >= 11 is 0. The highest BCUT2D eigenvalue weighted by molar-refractivity contribution is 6.10. The Labute approximate surface area is 408 Å². The lowest BCUT2D eigenvalue weighted by Gasteiger charge is -2.49. The van der Waals surface area contributed by atoms with Crippen molar-refractivity contribution in [2.75, 3.05) is 4.90 Å². The Balaban J connectivity index is 0.916. The molecule has 1 aromatic heterocycles. The van der Waals surface area contributed by atoms with Crippen molar-refractivity contribution in [1.29, 1.82) is 0 Å². The van der Waals surface area contributed by atoms with E-state index in [1.807, 2.05) is 0 Å². The minimum absolute atomic E-state index is 0.484. The van der Waals surface area contributed by atoms with E-state index in [9.17, 15) is 0 Å². The van der Waals surface area contributed by atoms with Crippen LogP contribution in [-0.4, -0.2) is 4.57 Å². The van der Waals surface area contributed by atoms with Crippen LogP contribution in [0.15, 0.2) is 279 Å². The molecule has 1 heterocycles. The summed E-state index contributed by atoms with van der Waals surface area (Å²) in [6, 6.07) is 103. The minimum atomic E-state index is -0.615. The quantitative estimate of drug-likeness (QED) is 0.148. The largest absolute Gasteiger partial charge is 0.311 e. The summed E-state index contributed by atoms with van der Waals surface area (Å²) < 4.78 is 2.37. The fourth-order valence-corrected chi connectivity index (χ4v) is 12.6. The van der Waals surface area contributed by atoms with E-state index < -0.39 is 10.8 Å². The van der Waals surface area contributed by atoms with Gasteiger partial charge in [0.25, 0.3) is 0 Å². The maximum absolute atomic E-state index is 2.41. The standard InChI is InChI=1S/C68H46N2/c1-5-20-49(21-6-1)67(61-32-16-17-33-62(61)68(50-22-7-2-8-23-50)60-31-15-13-28-56(60)58-30-19-34-63(67)66(58)68)51-39-43-55(44-40-51)69(52-24-9-3-10-25-52)54-41-36-47(37-42-54)48-38-45-65-59(46-48)57-29-14-18-35-64(57)70(65)53-26-11-4-12-27-53/h1-46H. The van der Waals surface area contributed by atoms with Crippen LogP contribution in [0.5, 0.6) is 0 Å². The summed E-state index contributed by atoms with van der Waals surface area (Å²) in [5.74, 6) is 0. The predicted octanol–water partition coefficient (Wildman–Crippen LogP) is 17.0. The summed E-state index contributed by atoms with van der Waals surface area (Å²) in [7, 11) is 0. The van der Waals surface area contributed by atoms with E-state index in [4.69, 9.17) is 0 Å². The number of anilines is 3. The van der Waals surface area contributed by atoms with Crippen molar-refractivity contribution in [3.05, 3.63) is 324 Å². The topological polar surface area (TPSA) is 8.17 Å². The summed E-state index contributed by atoms with van der Waals surface area (Å²) in [4.78, 5) is 2.38. The summed E-state index contributed by atoms with van der Waals surface area (Å²) in [5.41, 5.74) is 21.2. The molecule has 70 heavy (non-hydrogen) atoms. The number of nitrogens with zero attached hydrogens (tertiary/aromatic N) is 2. The van der Waals surface area contributed by atoms with Crippen LogP contribution in [0.2, 0.25) is 0 Å². The van der Waals surface area contributed by atoms with Gasteiger partial charge in [0.15, 0.2) is 0 Å². The van der Waals surface area contributed by atoms with Crippen molar-refractivity contribution >= 4 is 38.9 Å². The minimum Gasteiger partial charge on any atom is -0.311 e. The fourth-order valence-electron chi connectivity index (χ4n) is 12.6. The SMILES string of the molecule is c1ccc(N(c2ccc(-c3ccc4c(c3)c3ccccc3n4-c3ccccc3)cc2)c2ccc(C3(c4ccccc4)c4ccccc4C4(c5ccccc5)c5ccccc5-c5cccc3c54)cc2)cc1. The Hall–Kier alpha value is -8.98. The molecule has 0 radical (unpaired) electrons. The van der Waals surface area contributed by atoms with Gasteiger partial charge in [-0.1, -0.05) is 212 Å². The molecule has 0 amide bonds. The molecule has 0 spiro atoms. The van der Waals surface area contributed by atoms with E-state index in [2.05, 4.69) is 289 Å². The van der Waals surface area contributed by atoms with Gasteiger partial charge in [0, 0.05) is 33.5 Å². The summed E-state index contributed by atoms with van der Waals surface area (Å²) in [6.07, 6.45) is 0. The number of rotatable bonds is 8. The first-order valence-corrected chi connectivity index (χ1v) is 24.3. The second-order valence-corrected chi connectivity index (χ2v) is 18.7. The third-order valence-corrected chi connectivity index (χ3v) is 15.3. The fraction of sp³-hybridized carbons (Fsp3) is 0.0294. The molecule has 2 heteroatoms. The van der Waals surface area contributed by atoms with E-state index in [1.165, 1.54) is 94.3 Å². The molecule has 2 unspecified atom stereocenters. The molecule has 0 N–H and O–H groups in total. The Kier molecular flexibility index (Phi) is 9.06. The average Bonchev–Trinajstić information content (AvgIpc) is 3.94. The van der Waals surface area contributed by atoms with Crippen molar-refractivity contribution in [2.45, 2.75) is 10.8 Å². The van der Waals surface area contributed by atoms with Crippen LogP contribution in [0.3, 0.4) is 0 Å². The molecule has 0 saturated heterocycles. The zero-order chi connectivity index (χ0) is 46.2. The molecule has 12 aromatic rings. The smallest absolute Gasteiger partial charge is 0.0720 e. The third-order valence-electron chi connectivity index (χ3n) is 15.3. The molecule has 2 atom stereocenters. The first kappa shape index (κ1) is 40.1. The van der Waals surface area contributed by atoms with Gasteiger partial charge in [0.2, 0.25) is 0 Å². The van der Waals surface area contributed by atoms with Crippen LogP contribution in [0.4, 0.5) is 17.1 Å². The van der Waals surface area contributed by atoms with Crippen LogP contribution < -0.4 is 4.90 Å². The normalized spacial score (nSPS) is 16.4. The Bertz CT molecular complexity index is 3910. The first-order chi connectivity index (χ1) is 34.7. The number of para-hydroxylation sites is 3. The second kappa shape index (κ2) is 15.8. The Morgan fingerprint density at radius 3 is 1.46 bits per heavy atom. The molecular formula is C68H46N2. The van der Waals surface area contributed by atoms with E-state index in [-0.39, 0.29) is 0 Å². The molecule has 2 nitrogen and oxygen atoms in total. The number of hydrogen-bond acceptors (Lipinski definition) is 1. The van der Waals surface area contributed by atoms with Gasteiger partial charge in [-0.15, -0.1) is 0 Å². The lowest BCUT2D eigenvalue weighted by Crippen LogP contribution is -2.44. The van der Waals surface area contributed by atoms with Gasteiger partial charge in [-0.25, -0.2) is 0 Å². The maximum Gasteiger partial charge on any atom is 0.0720 e.